The van der Waals surface area contributed by atoms with Gasteiger partial charge in [0.2, 0.25) is 0 Å². The van der Waals surface area contributed by atoms with Crippen molar-refractivity contribution in [2.75, 3.05) is 0 Å². The normalized spacial score (nSPS) is 15.8. The van der Waals surface area contributed by atoms with E-state index in [1.165, 1.54) is 193 Å². The molecule has 0 fully saturated rings. The van der Waals surface area contributed by atoms with Crippen LogP contribution in [0.25, 0.3) is 0 Å². The first kappa shape index (κ1) is 46.9. The summed E-state index contributed by atoms with van der Waals surface area (Å²) in [4.78, 5) is 0. The summed E-state index contributed by atoms with van der Waals surface area (Å²) < 4.78 is 0. The summed E-state index contributed by atoms with van der Waals surface area (Å²) in [7, 11) is 0. The van der Waals surface area contributed by atoms with Crippen LogP contribution in [0.5, 0.6) is 0 Å². The molecule has 0 aromatic carbocycles. The minimum atomic E-state index is -0.152. The molecule has 0 radical (unpaired) electrons. The number of aliphatic hydroxyl groups excluding tert-OH is 2. The molecule has 2 N–H and O–H groups in total. The molecular weight excluding hydrogens is 572 g/mol. The molecule has 0 spiro atoms. The highest BCUT2D eigenvalue weighted by Crippen LogP contribution is 2.31. The van der Waals surface area contributed by atoms with Gasteiger partial charge in [0.1, 0.15) is 0 Å². The molecule has 2 heteroatoms. The van der Waals surface area contributed by atoms with Crippen LogP contribution in [0, 0.1) is 23.7 Å². The third-order valence-electron chi connectivity index (χ3n) is 11.7. The molecule has 284 valence electrons. The maximum Gasteiger partial charge on any atom is 0.0570 e. The van der Waals surface area contributed by atoms with Crippen LogP contribution in [-0.2, 0) is 0 Å². The molecular formula is C45H92O2. The minimum Gasteiger partial charge on any atom is -0.393 e. The Hall–Kier alpha value is -0.0800. The zero-order valence-corrected chi connectivity index (χ0v) is 33.7. The summed E-state index contributed by atoms with van der Waals surface area (Å²) in [5.41, 5.74) is 0. The molecule has 0 saturated heterocycles. The highest BCUT2D eigenvalue weighted by molar-refractivity contribution is 4.75. The van der Waals surface area contributed by atoms with Crippen molar-refractivity contribution >= 4 is 0 Å². The van der Waals surface area contributed by atoms with Crippen LogP contribution in [0.3, 0.4) is 0 Å². The standard InChI is InChI=1S/C45H92O2/c1-7-11-14-17-19-21-23-26-28-33-40(5)38-45(47)41(6)43(10-4)36-32-31-35-42(34-29-25-16-13-9-3)39-44(46)37-30-27-24-22-20-18-15-12-8-2/h40-47H,7-39H2,1-6H3/t40?,41?,42?,43?,44-,45+/m1/s1. The SMILES string of the molecule is CCCCCCCCCCCC(C)C[C@H](O)C(C)C(CC)CCCCC(CCCCCCC)C[C@H](O)CCCCCCCCCCC. The molecule has 0 saturated carbocycles. The topological polar surface area (TPSA) is 40.5 Å². The van der Waals surface area contributed by atoms with Crippen LogP contribution in [0.15, 0.2) is 0 Å². The van der Waals surface area contributed by atoms with Gasteiger partial charge in [-0.3, -0.25) is 0 Å². The number of aliphatic hydroxyl groups is 2. The van der Waals surface area contributed by atoms with E-state index in [0.717, 1.165) is 19.3 Å². The summed E-state index contributed by atoms with van der Waals surface area (Å²) in [5.74, 6) is 2.36. The predicted molar refractivity (Wildman–Crippen MR) is 212 cm³/mol. The largest absolute Gasteiger partial charge is 0.393 e. The van der Waals surface area contributed by atoms with E-state index in [1.807, 2.05) is 0 Å². The van der Waals surface area contributed by atoms with Crippen molar-refractivity contribution in [2.24, 2.45) is 23.7 Å². The Kier molecular flexibility index (Phi) is 35.7. The lowest BCUT2D eigenvalue weighted by Gasteiger charge is -2.29. The van der Waals surface area contributed by atoms with E-state index in [9.17, 15) is 10.2 Å². The molecule has 2 nitrogen and oxygen atoms in total. The molecule has 0 aliphatic rings. The molecule has 0 rings (SSSR count). The predicted octanol–water partition coefficient (Wildman–Crippen LogP) is 15.2. The Morgan fingerprint density at radius 1 is 0.383 bits per heavy atom. The first-order valence-electron chi connectivity index (χ1n) is 22.2. The lowest BCUT2D eigenvalue weighted by atomic mass is 9.80. The monoisotopic (exact) mass is 665 g/mol. The number of rotatable bonds is 38. The van der Waals surface area contributed by atoms with E-state index in [4.69, 9.17) is 0 Å². The van der Waals surface area contributed by atoms with Gasteiger partial charge in [0.05, 0.1) is 12.2 Å². The van der Waals surface area contributed by atoms with Crippen molar-refractivity contribution in [1.82, 2.24) is 0 Å². The third kappa shape index (κ3) is 30.5. The lowest BCUT2D eigenvalue weighted by molar-refractivity contribution is 0.0558. The molecule has 0 amide bonds. The average Bonchev–Trinajstić information content (AvgIpc) is 3.06. The molecule has 47 heavy (non-hydrogen) atoms. The Labute approximate surface area is 298 Å². The van der Waals surface area contributed by atoms with Crippen molar-refractivity contribution in [2.45, 2.75) is 266 Å². The highest BCUT2D eigenvalue weighted by Gasteiger charge is 2.24. The Morgan fingerprint density at radius 2 is 0.745 bits per heavy atom. The molecule has 0 heterocycles. The van der Waals surface area contributed by atoms with Crippen molar-refractivity contribution < 1.29 is 10.2 Å². The number of hydrogen-bond donors (Lipinski definition) is 2. The fraction of sp³-hybridized carbons (Fsp3) is 1.00. The second-order valence-corrected chi connectivity index (χ2v) is 16.4. The van der Waals surface area contributed by atoms with Gasteiger partial charge in [0, 0.05) is 0 Å². The van der Waals surface area contributed by atoms with Crippen molar-refractivity contribution in [1.29, 1.82) is 0 Å². The van der Waals surface area contributed by atoms with Crippen molar-refractivity contribution in [3.8, 4) is 0 Å². The average molecular weight is 665 g/mol. The lowest BCUT2D eigenvalue weighted by Crippen LogP contribution is -2.27. The van der Waals surface area contributed by atoms with E-state index in [-0.39, 0.29) is 12.2 Å². The van der Waals surface area contributed by atoms with Gasteiger partial charge in [0.15, 0.2) is 0 Å². The Balaban J connectivity index is 4.38. The van der Waals surface area contributed by atoms with E-state index in [2.05, 4.69) is 41.5 Å². The first-order valence-corrected chi connectivity index (χ1v) is 22.2. The van der Waals surface area contributed by atoms with Crippen molar-refractivity contribution in [3.63, 3.8) is 0 Å². The first-order chi connectivity index (χ1) is 22.9. The summed E-state index contributed by atoms with van der Waals surface area (Å²) in [6.45, 7) is 13.9. The fourth-order valence-electron chi connectivity index (χ4n) is 8.15. The van der Waals surface area contributed by atoms with Gasteiger partial charge in [-0.1, -0.05) is 234 Å². The molecule has 0 aliphatic carbocycles. The number of unbranched alkanes of at least 4 members (excludes halogenated alkanes) is 21. The van der Waals surface area contributed by atoms with Gasteiger partial charge in [-0.2, -0.15) is 0 Å². The van der Waals surface area contributed by atoms with Crippen LogP contribution in [-0.4, -0.2) is 22.4 Å². The molecule has 0 bridgehead atoms. The summed E-state index contributed by atoms with van der Waals surface area (Å²) in [6.07, 6.45) is 43.1. The van der Waals surface area contributed by atoms with Gasteiger partial charge in [-0.15, -0.1) is 0 Å². The van der Waals surface area contributed by atoms with Crippen LogP contribution in [0.4, 0.5) is 0 Å². The van der Waals surface area contributed by atoms with E-state index in [0.29, 0.717) is 23.7 Å². The molecule has 6 atom stereocenters. The molecule has 4 unspecified atom stereocenters. The van der Waals surface area contributed by atoms with Crippen molar-refractivity contribution in [3.05, 3.63) is 0 Å². The van der Waals surface area contributed by atoms with E-state index < -0.39 is 0 Å². The minimum absolute atomic E-state index is 0.101. The zero-order valence-electron chi connectivity index (χ0n) is 33.7. The molecule has 0 aliphatic heterocycles. The third-order valence-corrected chi connectivity index (χ3v) is 11.7. The Bertz CT molecular complexity index is 591. The fourth-order valence-corrected chi connectivity index (χ4v) is 8.15. The zero-order chi connectivity index (χ0) is 34.8. The molecule has 0 aromatic rings. The maximum absolute atomic E-state index is 11.2. The maximum atomic E-state index is 11.2. The van der Waals surface area contributed by atoms with E-state index in [1.54, 1.807) is 0 Å². The second-order valence-electron chi connectivity index (χ2n) is 16.4. The van der Waals surface area contributed by atoms with Gasteiger partial charge >= 0.3 is 0 Å². The van der Waals surface area contributed by atoms with Crippen LogP contribution in [0.1, 0.15) is 253 Å². The summed E-state index contributed by atoms with van der Waals surface area (Å²) in [6, 6.07) is 0. The highest BCUT2D eigenvalue weighted by atomic mass is 16.3. The summed E-state index contributed by atoms with van der Waals surface area (Å²) in [5, 5.41) is 22.1. The summed E-state index contributed by atoms with van der Waals surface area (Å²) >= 11 is 0. The Morgan fingerprint density at radius 3 is 1.19 bits per heavy atom. The van der Waals surface area contributed by atoms with Crippen LogP contribution in [0.2, 0.25) is 0 Å². The van der Waals surface area contributed by atoms with Gasteiger partial charge < -0.3 is 10.2 Å². The quantitative estimate of drug-likeness (QED) is 0.0645. The number of hydrogen-bond acceptors (Lipinski definition) is 2. The second kappa shape index (κ2) is 35.7. The van der Waals surface area contributed by atoms with Crippen LogP contribution >= 0.6 is 0 Å². The van der Waals surface area contributed by atoms with Gasteiger partial charge in [0.25, 0.3) is 0 Å². The van der Waals surface area contributed by atoms with Crippen LogP contribution < -0.4 is 0 Å². The van der Waals surface area contributed by atoms with E-state index >= 15 is 0 Å². The van der Waals surface area contributed by atoms with Gasteiger partial charge in [-0.05, 0) is 42.9 Å². The van der Waals surface area contributed by atoms with Gasteiger partial charge in [-0.25, -0.2) is 0 Å². The smallest absolute Gasteiger partial charge is 0.0570 e. The molecule has 0 aromatic heterocycles.